The summed E-state index contributed by atoms with van der Waals surface area (Å²) in [5.41, 5.74) is 4.53. The molecule has 0 radical (unpaired) electrons. The molecule has 3 aromatic rings. The number of benzene rings is 2. The molecule has 0 saturated heterocycles. The van der Waals surface area contributed by atoms with Gasteiger partial charge in [-0.2, -0.15) is 0 Å². The molecule has 7 nitrogen and oxygen atoms in total. The highest BCUT2D eigenvalue weighted by Crippen LogP contribution is 2.43. The number of aliphatic hydroxyl groups is 3. The van der Waals surface area contributed by atoms with Gasteiger partial charge in [-0.15, -0.1) is 0 Å². The highest BCUT2D eigenvalue weighted by atomic mass is 16.3. The van der Waals surface area contributed by atoms with Gasteiger partial charge in [-0.25, -0.2) is 0 Å². The van der Waals surface area contributed by atoms with Crippen LogP contribution in [0.4, 0.5) is 5.69 Å². The third-order valence-electron chi connectivity index (χ3n) is 7.01. The highest BCUT2D eigenvalue weighted by molar-refractivity contribution is 6.21. The van der Waals surface area contributed by atoms with Gasteiger partial charge in [0.2, 0.25) is 0 Å². The number of carbonyl (C=O) groups is 2. The smallest absolute Gasteiger partial charge is 0.261 e. The van der Waals surface area contributed by atoms with Crippen molar-refractivity contribution in [1.29, 1.82) is 0 Å². The van der Waals surface area contributed by atoms with Crippen LogP contribution in [0.3, 0.4) is 0 Å². The maximum atomic E-state index is 13.8. The summed E-state index contributed by atoms with van der Waals surface area (Å²) in [4.78, 5) is 30.1. The lowest BCUT2D eigenvalue weighted by Gasteiger charge is -2.36. The largest absolute Gasteiger partial charge is 0.394 e. The normalized spacial score (nSPS) is 17.4. The predicted molar refractivity (Wildman–Crippen MR) is 127 cm³/mol. The van der Waals surface area contributed by atoms with Crippen LogP contribution in [0.1, 0.15) is 56.1 Å². The Balaban J connectivity index is 1.72. The van der Waals surface area contributed by atoms with Gasteiger partial charge < -0.3 is 20.2 Å². The van der Waals surface area contributed by atoms with Gasteiger partial charge in [-0.1, -0.05) is 31.2 Å². The minimum atomic E-state index is -1.22. The first-order chi connectivity index (χ1) is 16.4. The maximum Gasteiger partial charge on any atom is 0.261 e. The molecule has 1 unspecified atom stereocenters. The van der Waals surface area contributed by atoms with Gasteiger partial charge in [0.15, 0.2) is 6.23 Å². The van der Waals surface area contributed by atoms with Gasteiger partial charge in [0.1, 0.15) is 0 Å². The molecular formula is C27H26N2O5. The number of rotatable bonds is 5. The lowest BCUT2D eigenvalue weighted by Crippen LogP contribution is -2.45. The minimum Gasteiger partial charge on any atom is -0.394 e. The molecule has 2 aliphatic rings. The molecule has 2 heterocycles. The van der Waals surface area contributed by atoms with Gasteiger partial charge in [-0.05, 0) is 54.5 Å². The van der Waals surface area contributed by atoms with Gasteiger partial charge in [0, 0.05) is 34.2 Å². The summed E-state index contributed by atoms with van der Waals surface area (Å²) in [6.45, 7) is 3.47. The lowest BCUT2D eigenvalue weighted by atomic mass is 9.87. The Hall–Kier alpha value is -3.44. The molecule has 1 atom stereocenters. The average molecular weight is 459 g/mol. The zero-order chi connectivity index (χ0) is 24.1. The zero-order valence-corrected chi connectivity index (χ0v) is 19.1. The lowest BCUT2D eigenvalue weighted by molar-refractivity contribution is 0.0471. The number of amides is 2. The van der Waals surface area contributed by atoms with Crippen LogP contribution in [0.5, 0.6) is 0 Å². The van der Waals surface area contributed by atoms with E-state index in [0.29, 0.717) is 52.5 Å². The van der Waals surface area contributed by atoms with Crippen molar-refractivity contribution in [1.82, 2.24) is 4.90 Å². The van der Waals surface area contributed by atoms with Crippen LogP contribution in [-0.4, -0.2) is 57.8 Å². The molecule has 3 aromatic carbocycles. The standard InChI is InChI=1S/C27H26N2O5/c1-3-16-6-4-5-15(2)24(16)29-26(33)20-8-7-17-11-12-28(18(13-30)14-31)25(32)19-9-10-21(27(29)34)23(20)22(17)19/h6-10,18,27,30-31,34H,3,11-14H2,1-2H3. The molecule has 0 aromatic heterocycles. The van der Waals surface area contributed by atoms with Crippen LogP contribution < -0.4 is 4.90 Å². The van der Waals surface area contributed by atoms with E-state index in [1.165, 1.54) is 9.80 Å². The molecule has 0 saturated carbocycles. The summed E-state index contributed by atoms with van der Waals surface area (Å²) in [6.07, 6.45) is -0.0492. The van der Waals surface area contributed by atoms with E-state index in [2.05, 4.69) is 12.1 Å². The molecule has 0 spiro atoms. The topological polar surface area (TPSA) is 101 Å². The summed E-state index contributed by atoms with van der Waals surface area (Å²) in [5, 5.41) is 32.0. The van der Waals surface area contributed by atoms with Crippen LogP contribution in [0.25, 0.3) is 10.8 Å². The number of hydrogen-bond acceptors (Lipinski definition) is 5. The van der Waals surface area contributed by atoms with E-state index in [1.54, 1.807) is 24.3 Å². The number of aryl methyl sites for hydroxylation is 1. The van der Waals surface area contributed by atoms with Crippen molar-refractivity contribution in [2.24, 2.45) is 0 Å². The second kappa shape index (κ2) is 8.41. The third kappa shape index (κ3) is 3.11. The highest BCUT2D eigenvalue weighted by Gasteiger charge is 2.38. The van der Waals surface area contributed by atoms with Gasteiger partial charge in [0.25, 0.3) is 11.8 Å². The quantitative estimate of drug-likeness (QED) is 0.545. The Labute approximate surface area is 197 Å². The number of anilines is 1. The summed E-state index contributed by atoms with van der Waals surface area (Å²) in [7, 11) is 0. The summed E-state index contributed by atoms with van der Waals surface area (Å²) in [5.74, 6) is -0.643. The van der Waals surface area contributed by atoms with E-state index in [0.717, 1.165) is 16.7 Å². The SMILES string of the molecule is CCc1cc#cc(C)c1N1C(=O)c2ccc3c4c(ccc(c24)C1O)C(=O)N(C(CO)CO)CC3. The molecule has 5 rings (SSSR count). The molecule has 7 heteroatoms. The first kappa shape index (κ1) is 22.4. The number of carbonyl (C=O) groups excluding carboxylic acids is 2. The van der Waals surface area contributed by atoms with Crippen molar-refractivity contribution < 1.29 is 24.9 Å². The van der Waals surface area contributed by atoms with Crippen molar-refractivity contribution in [3.05, 3.63) is 75.8 Å². The van der Waals surface area contributed by atoms with E-state index in [-0.39, 0.29) is 25.0 Å². The minimum absolute atomic E-state index is 0.308. The predicted octanol–water partition coefficient (Wildman–Crippen LogP) is 2.31. The first-order valence-electron chi connectivity index (χ1n) is 11.5. The fourth-order valence-corrected chi connectivity index (χ4v) is 5.28. The molecule has 174 valence electrons. The Morgan fingerprint density at radius 1 is 1.06 bits per heavy atom. The van der Waals surface area contributed by atoms with Crippen molar-refractivity contribution in [3.63, 3.8) is 0 Å². The van der Waals surface area contributed by atoms with E-state index < -0.39 is 12.3 Å². The molecular weight excluding hydrogens is 432 g/mol. The van der Waals surface area contributed by atoms with Crippen molar-refractivity contribution in [3.8, 4) is 0 Å². The van der Waals surface area contributed by atoms with Crippen LogP contribution in [0, 0.1) is 19.1 Å². The van der Waals surface area contributed by atoms with Crippen LogP contribution in [0.15, 0.2) is 30.3 Å². The van der Waals surface area contributed by atoms with E-state index in [4.69, 9.17) is 0 Å². The van der Waals surface area contributed by atoms with Gasteiger partial charge in [-0.3, -0.25) is 14.5 Å². The Bertz CT molecular complexity index is 1310. The van der Waals surface area contributed by atoms with E-state index >= 15 is 0 Å². The van der Waals surface area contributed by atoms with E-state index in [1.807, 2.05) is 19.9 Å². The van der Waals surface area contributed by atoms with Crippen molar-refractivity contribution >= 4 is 28.3 Å². The van der Waals surface area contributed by atoms with Crippen molar-refractivity contribution in [2.45, 2.75) is 39.0 Å². The molecule has 2 amide bonds. The average Bonchev–Trinajstić information content (AvgIpc) is 2.98. The molecule has 0 bridgehead atoms. The molecule has 2 aliphatic heterocycles. The monoisotopic (exact) mass is 458 g/mol. The second-order valence-corrected chi connectivity index (χ2v) is 8.81. The maximum absolute atomic E-state index is 13.8. The third-order valence-corrected chi connectivity index (χ3v) is 7.01. The van der Waals surface area contributed by atoms with Gasteiger partial charge in [0.05, 0.1) is 24.9 Å². The summed E-state index contributed by atoms with van der Waals surface area (Å²) in [6, 6.07) is 14.1. The van der Waals surface area contributed by atoms with Crippen molar-refractivity contribution in [2.75, 3.05) is 24.7 Å². The van der Waals surface area contributed by atoms with Crippen LogP contribution >= 0.6 is 0 Å². The number of aliphatic hydroxyl groups excluding tert-OH is 3. The van der Waals surface area contributed by atoms with Crippen LogP contribution in [0.2, 0.25) is 0 Å². The second-order valence-electron chi connectivity index (χ2n) is 8.81. The summed E-state index contributed by atoms with van der Waals surface area (Å²) >= 11 is 0. The Kier molecular flexibility index (Phi) is 5.53. The fraction of sp³-hybridized carbons (Fsp3) is 0.333. The first-order valence-corrected chi connectivity index (χ1v) is 11.5. The molecule has 0 aliphatic carbocycles. The van der Waals surface area contributed by atoms with Gasteiger partial charge >= 0.3 is 0 Å². The molecule has 0 fully saturated rings. The van der Waals surface area contributed by atoms with Crippen LogP contribution in [-0.2, 0) is 12.8 Å². The molecule has 3 N–H and O–H groups in total. The Morgan fingerprint density at radius 3 is 2.47 bits per heavy atom. The van der Waals surface area contributed by atoms with E-state index in [9.17, 15) is 24.9 Å². The Morgan fingerprint density at radius 2 is 1.76 bits per heavy atom. The fourth-order valence-electron chi connectivity index (χ4n) is 5.28. The molecule has 34 heavy (non-hydrogen) atoms. The summed E-state index contributed by atoms with van der Waals surface area (Å²) < 4.78 is 0. The number of hydrogen-bond donors (Lipinski definition) is 3. The zero-order valence-electron chi connectivity index (χ0n) is 19.1. The number of nitrogens with zero attached hydrogens (tertiary/aromatic N) is 2.